The van der Waals surface area contributed by atoms with Gasteiger partial charge in [-0.3, -0.25) is 4.98 Å². The summed E-state index contributed by atoms with van der Waals surface area (Å²) in [6.07, 6.45) is 3.64. The molecule has 0 aliphatic carbocycles. The van der Waals surface area contributed by atoms with E-state index >= 15 is 0 Å². The predicted octanol–water partition coefficient (Wildman–Crippen LogP) is 2.87. The Hall–Kier alpha value is -2.34. The van der Waals surface area contributed by atoms with Crippen LogP contribution in [0.3, 0.4) is 0 Å². The van der Waals surface area contributed by atoms with Crippen molar-refractivity contribution >= 4 is 5.69 Å². The van der Waals surface area contributed by atoms with Crippen LogP contribution in [0.15, 0.2) is 42.7 Å². The van der Waals surface area contributed by atoms with Crippen LogP contribution in [0.25, 0.3) is 0 Å². The molecule has 17 heavy (non-hydrogen) atoms. The number of nitriles is 1. The summed E-state index contributed by atoms with van der Waals surface area (Å²) >= 11 is 0. The summed E-state index contributed by atoms with van der Waals surface area (Å²) in [5, 5.41) is 12.1. The largest absolute Gasteiger partial charge is 0.381 e. The highest BCUT2D eigenvalue weighted by atomic mass is 14.9. The first kappa shape index (κ1) is 11.2. The van der Waals surface area contributed by atoms with Crippen LogP contribution in [0.2, 0.25) is 0 Å². The number of aromatic nitrogens is 1. The Morgan fingerprint density at radius 3 is 3.00 bits per heavy atom. The average Bonchev–Trinajstić information content (AvgIpc) is 2.38. The number of nitrogens with zero attached hydrogens (tertiary/aromatic N) is 2. The fourth-order valence-electron chi connectivity index (χ4n) is 1.58. The van der Waals surface area contributed by atoms with Crippen molar-refractivity contribution in [1.29, 1.82) is 5.26 Å². The Kier molecular flexibility index (Phi) is 3.37. The zero-order valence-electron chi connectivity index (χ0n) is 9.64. The summed E-state index contributed by atoms with van der Waals surface area (Å²) in [6.45, 7) is 2.78. The number of nitrogens with one attached hydrogen (secondary N) is 1. The van der Waals surface area contributed by atoms with Crippen molar-refractivity contribution in [3.05, 3.63) is 59.4 Å². The summed E-state index contributed by atoms with van der Waals surface area (Å²) in [5.74, 6) is 0. The zero-order chi connectivity index (χ0) is 12.1. The quantitative estimate of drug-likeness (QED) is 0.870. The van der Waals surface area contributed by atoms with Gasteiger partial charge in [0, 0.05) is 24.6 Å². The second kappa shape index (κ2) is 5.13. The molecule has 2 aromatic rings. The minimum absolute atomic E-state index is 0.665. The third-order valence-electron chi connectivity index (χ3n) is 2.62. The Morgan fingerprint density at radius 2 is 2.24 bits per heavy atom. The molecule has 0 aliphatic rings. The molecule has 1 aromatic heterocycles. The minimum Gasteiger partial charge on any atom is -0.381 e. The van der Waals surface area contributed by atoms with E-state index in [9.17, 15) is 0 Å². The molecule has 2 rings (SSSR count). The molecule has 0 aliphatic heterocycles. The molecule has 0 unspecified atom stereocenters. The molecule has 3 nitrogen and oxygen atoms in total. The third kappa shape index (κ3) is 2.82. The van der Waals surface area contributed by atoms with Gasteiger partial charge in [0.05, 0.1) is 11.6 Å². The Morgan fingerprint density at radius 1 is 1.35 bits per heavy atom. The zero-order valence-corrected chi connectivity index (χ0v) is 9.64. The maximum absolute atomic E-state index is 8.80. The predicted molar refractivity (Wildman–Crippen MR) is 67.5 cm³/mol. The van der Waals surface area contributed by atoms with E-state index < -0.39 is 0 Å². The van der Waals surface area contributed by atoms with Crippen LogP contribution in [-0.2, 0) is 6.54 Å². The standard InChI is InChI=1S/C14H13N3/c1-11-5-6-16-9-13(11)10-17-14-4-2-3-12(7-14)8-15/h2-7,9,17H,10H2,1H3. The first-order valence-electron chi connectivity index (χ1n) is 5.43. The van der Waals surface area contributed by atoms with Crippen molar-refractivity contribution in [2.75, 3.05) is 5.32 Å². The van der Waals surface area contributed by atoms with Crippen LogP contribution in [0.1, 0.15) is 16.7 Å². The lowest BCUT2D eigenvalue weighted by Gasteiger charge is -2.08. The molecule has 1 aromatic carbocycles. The summed E-state index contributed by atoms with van der Waals surface area (Å²) in [4.78, 5) is 4.10. The van der Waals surface area contributed by atoms with Gasteiger partial charge in [0.25, 0.3) is 0 Å². The first-order chi connectivity index (χ1) is 8.29. The molecule has 0 amide bonds. The number of anilines is 1. The summed E-state index contributed by atoms with van der Waals surface area (Å²) in [6, 6.07) is 11.6. The van der Waals surface area contributed by atoms with Crippen molar-refractivity contribution < 1.29 is 0 Å². The van der Waals surface area contributed by atoms with Crippen LogP contribution in [0.5, 0.6) is 0 Å². The molecule has 0 saturated heterocycles. The molecule has 1 N–H and O–H groups in total. The highest BCUT2D eigenvalue weighted by Crippen LogP contribution is 2.12. The van der Waals surface area contributed by atoms with E-state index in [1.165, 1.54) is 5.56 Å². The number of aryl methyl sites for hydroxylation is 1. The van der Waals surface area contributed by atoms with E-state index in [1.54, 1.807) is 12.3 Å². The number of benzene rings is 1. The smallest absolute Gasteiger partial charge is 0.0992 e. The highest BCUT2D eigenvalue weighted by Gasteiger charge is 1.98. The highest BCUT2D eigenvalue weighted by molar-refractivity contribution is 5.49. The van der Waals surface area contributed by atoms with Gasteiger partial charge in [0.15, 0.2) is 0 Å². The topological polar surface area (TPSA) is 48.7 Å². The van der Waals surface area contributed by atoms with Crippen molar-refractivity contribution in [2.45, 2.75) is 13.5 Å². The van der Waals surface area contributed by atoms with Crippen molar-refractivity contribution in [3.63, 3.8) is 0 Å². The molecule has 0 radical (unpaired) electrons. The molecule has 0 saturated carbocycles. The molecule has 0 fully saturated rings. The fourth-order valence-corrected chi connectivity index (χ4v) is 1.58. The lowest BCUT2D eigenvalue weighted by molar-refractivity contribution is 1.08. The minimum atomic E-state index is 0.665. The Balaban J connectivity index is 2.08. The van der Waals surface area contributed by atoms with E-state index in [0.29, 0.717) is 12.1 Å². The molecule has 1 heterocycles. The molecule has 3 heteroatoms. The van der Waals surface area contributed by atoms with E-state index in [0.717, 1.165) is 11.3 Å². The van der Waals surface area contributed by atoms with Crippen LogP contribution < -0.4 is 5.32 Å². The van der Waals surface area contributed by atoms with E-state index in [1.807, 2.05) is 30.5 Å². The van der Waals surface area contributed by atoms with Gasteiger partial charge in [0.2, 0.25) is 0 Å². The van der Waals surface area contributed by atoms with Gasteiger partial charge >= 0.3 is 0 Å². The second-order valence-corrected chi connectivity index (χ2v) is 3.85. The van der Waals surface area contributed by atoms with Gasteiger partial charge in [-0.1, -0.05) is 6.07 Å². The number of hydrogen-bond acceptors (Lipinski definition) is 3. The first-order valence-corrected chi connectivity index (χ1v) is 5.43. The molecular weight excluding hydrogens is 210 g/mol. The molecule has 84 valence electrons. The van der Waals surface area contributed by atoms with Gasteiger partial charge in [-0.2, -0.15) is 5.26 Å². The third-order valence-corrected chi connectivity index (χ3v) is 2.62. The number of pyridine rings is 1. The number of rotatable bonds is 3. The van der Waals surface area contributed by atoms with E-state index in [-0.39, 0.29) is 0 Å². The van der Waals surface area contributed by atoms with Gasteiger partial charge < -0.3 is 5.32 Å². The maximum atomic E-state index is 8.80. The lowest BCUT2D eigenvalue weighted by atomic mass is 10.1. The average molecular weight is 223 g/mol. The van der Waals surface area contributed by atoms with Gasteiger partial charge in [-0.05, 0) is 42.3 Å². The molecular formula is C14H13N3. The van der Waals surface area contributed by atoms with Crippen molar-refractivity contribution in [1.82, 2.24) is 4.98 Å². The van der Waals surface area contributed by atoms with Crippen molar-refractivity contribution in [3.8, 4) is 6.07 Å². The monoisotopic (exact) mass is 223 g/mol. The fraction of sp³-hybridized carbons (Fsp3) is 0.143. The summed E-state index contributed by atoms with van der Waals surface area (Å²) < 4.78 is 0. The van der Waals surface area contributed by atoms with Crippen LogP contribution in [0.4, 0.5) is 5.69 Å². The van der Waals surface area contributed by atoms with Crippen molar-refractivity contribution in [2.24, 2.45) is 0 Å². The molecule has 0 bridgehead atoms. The molecule has 0 atom stereocenters. The summed E-state index contributed by atoms with van der Waals surface area (Å²) in [7, 11) is 0. The van der Waals surface area contributed by atoms with E-state index in [2.05, 4.69) is 23.3 Å². The van der Waals surface area contributed by atoms with Gasteiger partial charge in [-0.25, -0.2) is 0 Å². The maximum Gasteiger partial charge on any atom is 0.0992 e. The van der Waals surface area contributed by atoms with Crippen LogP contribution in [-0.4, -0.2) is 4.98 Å². The number of hydrogen-bond donors (Lipinski definition) is 1. The Labute approximate surface area is 101 Å². The second-order valence-electron chi connectivity index (χ2n) is 3.85. The van der Waals surface area contributed by atoms with Crippen LogP contribution >= 0.6 is 0 Å². The lowest BCUT2D eigenvalue weighted by Crippen LogP contribution is -2.01. The van der Waals surface area contributed by atoms with Gasteiger partial charge in [-0.15, -0.1) is 0 Å². The van der Waals surface area contributed by atoms with Crippen LogP contribution in [0, 0.1) is 18.3 Å². The SMILES string of the molecule is Cc1ccncc1CNc1cccc(C#N)c1. The summed E-state index contributed by atoms with van der Waals surface area (Å²) in [5.41, 5.74) is 3.99. The Bertz CT molecular complexity index is 555. The normalized spacial score (nSPS) is 9.65. The van der Waals surface area contributed by atoms with E-state index in [4.69, 9.17) is 5.26 Å². The molecule has 0 spiro atoms. The van der Waals surface area contributed by atoms with Gasteiger partial charge in [0.1, 0.15) is 0 Å².